The van der Waals surface area contributed by atoms with Gasteiger partial charge in [-0.2, -0.15) is 10.1 Å². The molecule has 3 aromatic heterocycles. The number of aromatic nitrogens is 5. The molecule has 0 radical (unpaired) electrons. The molecule has 0 spiro atoms. The number of para-hydroxylation sites is 1. The predicted molar refractivity (Wildman–Crippen MR) is 145 cm³/mol. The summed E-state index contributed by atoms with van der Waals surface area (Å²) in [6.07, 6.45) is 5.37. The Labute approximate surface area is 213 Å². The van der Waals surface area contributed by atoms with Crippen LogP contribution in [0.15, 0.2) is 106 Å². The summed E-state index contributed by atoms with van der Waals surface area (Å²) < 4.78 is 0.770. The first-order valence-electron chi connectivity index (χ1n) is 10.8. The Balaban J connectivity index is 1.23. The summed E-state index contributed by atoms with van der Waals surface area (Å²) in [5, 5.41) is 15.8. The summed E-state index contributed by atoms with van der Waals surface area (Å²) in [5.74, 6) is 1.16. The summed E-state index contributed by atoms with van der Waals surface area (Å²) in [6.45, 7) is 0. The highest BCUT2D eigenvalue weighted by Gasteiger charge is 2.09. The maximum atomic E-state index is 4.67. The van der Waals surface area contributed by atoms with Crippen LogP contribution in [0, 0.1) is 0 Å². The molecule has 0 fully saturated rings. The summed E-state index contributed by atoms with van der Waals surface area (Å²) in [6, 6.07) is 24.4. The van der Waals surface area contributed by atoms with E-state index in [0.717, 1.165) is 47.4 Å². The molecule has 0 aliphatic carbocycles. The molecular weight excluding hydrogens is 522 g/mol. The van der Waals surface area contributed by atoms with Crippen molar-refractivity contribution in [1.82, 2.24) is 25.1 Å². The number of nitrogens with one attached hydrogen (secondary N) is 3. The lowest BCUT2D eigenvalue weighted by Crippen LogP contribution is -2.01. The molecule has 0 aliphatic rings. The van der Waals surface area contributed by atoms with Crippen molar-refractivity contribution < 1.29 is 0 Å². The van der Waals surface area contributed by atoms with Crippen LogP contribution in [-0.4, -0.2) is 25.1 Å². The third-order valence-corrected chi connectivity index (χ3v) is 7.02. The first kappa shape index (κ1) is 21.6. The highest BCUT2D eigenvalue weighted by molar-refractivity contribution is 9.10. The van der Waals surface area contributed by atoms with E-state index in [2.05, 4.69) is 69.9 Å². The zero-order valence-electron chi connectivity index (χ0n) is 18.2. The quantitative estimate of drug-likeness (QED) is 0.204. The first-order valence-corrected chi connectivity index (χ1v) is 12.4. The van der Waals surface area contributed by atoms with Crippen LogP contribution in [0.5, 0.6) is 0 Å². The maximum absolute atomic E-state index is 4.67. The smallest absolute Gasteiger partial charge is 0.229 e. The van der Waals surface area contributed by atoms with Gasteiger partial charge in [-0.05, 0) is 64.5 Å². The summed E-state index contributed by atoms with van der Waals surface area (Å²) in [4.78, 5) is 15.8. The Morgan fingerprint density at radius 1 is 0.829 bits per heavy atom. The summed E-state index contributed by atoms with van der Waals surface area (Å²) in [7, 11) is 0. The van der Waals surface area contributed by atoms with Gasteiger partial charge in [-0.1, -0.05) is 36.0 Å². The molecule has 3 heterocycles. The number of H-pyrrole nitrogens is 1. The third-order valence-electron chi connectivity index (χ3n) is 5.37. The molecule has 35 heavy (non-hydrogen) atoms. The van der Waals surface area contributed by atoms with Crippen LogP contribution in [0.3, 0.4) is 0 Å². The van der Waals surface area contributed by atoms with E-state index in [0.29, 0.717) is 11.8 Å². The number of nitrogens with zero attached hydrogens (tertiary/aromatic N) is 4. The number of aromatic amines is 1. The normalized spacial score (nSPS) is 11.1. The van der Waals surface area contributed by atoms with Crippen molar-refractivity contribution in [2.45, 2.75) is 9.79 Å². The number of pyridine rings is 1. The lowest BCUT2D eigenvalue weighted by molar-refractivity contribution is 1.12. The van der Waals surface area contributed by atoms with Crippen LogP contribution in [0.2, 0.25) is 0 Å². The van der Waals surface area contributed by atoms with Crippen molar-refractivity contribution in [3.63, 3.8) is 0 Å². The van der Waals surface area contributed by atoms with Gasteiger partial charge in [0, 0.05) is 44.3 Å². The van der Waals surface area contributed by atoms with Crippen LogP contribution >= 0.6 is 27.7 Å². The molecule has 0 amide bonds. The van der Waals surface area contributed by atoms with Gasteiger partial charge in [0.2, 0.25) is 5.95 Å². The second-order valence-electron chi connectivity index (χ2n) is 7.77. The van der Waals surface area contributed by atoms with Gasteiger partial charge in [0.25, 0.3) is 0 Å². The first-order chi connectivity index (χ1) is 17.2. The molecule has 6 rings (SSSR count). The van der Waals surface area contributed by atoms with Gasteiger partial charge < -0.3 is 10.6 Å². The lowest BCUT2D eigenvalue weighted by atomic mass is 10.2. The fraction of sp³-hybridized carbons (Fsp3) is 0. The van der Waals surface area contributed by atoms with Gasteiger partial charge in [0.15, 0.2) is 0 Å². The van der Waals surface area contributed by atoms with E-state index in [1.54, 1.807) is 24.2 Å². The molecule has 6 aromatic rings. The third kappa shape index (κ3) is 4.68. The molecule has 0 atom stereocenters. The van der Waals surface area contributed by atoms with E-state index < -0.39 is 0 Å². The van der Waals surface area contributed by atoms with Gasteiger partial charge in [0.1, 0.15) is 5.82 Å². The molecular formula is C26H18BrN7S. The topological polar surface area (TPSA) is 91.4 Å². The predicted octanol–water partition coefficient (Wildman–Crippen LogP) is 7.30. The molecule has 0 unspecified atom stereocenters. The minimum Gasteiger partial charge on any atom is -0.339 e. The number of hydrogen-bond acceptors (Lipinski definition) is 7. The Bertz CT molecular complexity index is 1660. The van der Waals surface area contributed by atoms with E-state index >= 15 is 0 Å². The monoisotopic (exact) mass is 539 g/mol. The van der Waals surface area contributed by atoms with E-state index in [4.69, 9.17) is 0 Å². The number of fused-ring (bicyclic) bond motifs is 2. The van der Waals surface area contributed by atoms with Crippen molar-refractivity contribution in [3.8, 4) is 0 Å². The summed E-state index contributed by atoms with van der Waals surface area (Å²) >= 11 is 5.27. The fourth-order valence-corrected chi connectivity index (χ4v) is 5.01. The van der Waals surface area contributed by atoms with Crippen LogP contribution in [0.4, 0.5) is 23.1 Å². The van der Waals surface area contributed by atoms with Crippen LogP contribution in [0.25, 0.3) is 21.8 Å². The standard InChI is InChI=1S/C26H18BrN7S/c27-21-15-29-26(32-18-8-9-22-16(12-18)14-30-34-22)33-25(21)31-17-4-3-5-19(13-17)35-24-10-11-28-23-7-2-1-6-20(23)24/h1-15H,(H,30,34)(H2,29,31,32,33). The van der Waals surface area contributed by atoms with Gasteiger partial charge in [-0.3, -0.25) is 10.1 Å². The molecule has 7 nitrogen and oxygen atoms in total. The Morgan fingerprint density at radius 2 is 1.74 bits per heavy atom. The van der Waals surface area contributed by atoms with Crippen molar-refractivity contribution in [3.05, 3.63) is 95.9 Å². The minimum atomic E-state index is 0.493. The minimum absolute atomic E-state index is 0.493. The van der Waals surface area contributed by atoms with Gasteiger partial charge in [0.05, 0.1) is 21.7 Å². The second-order valence-corrected chi connectivity index (χ2v) is 9.74. The van der Waals surface area contributed by atoms with Gasteiger partial charge in [-0.25, -0.2) is 4.98 Å². The molecule has 0 aliphatic heterocycles. The van der Waals surface area contributed by atoms with Crippen molar-refractivity contribution in [2.24, 2.45) is 0 Å². The molecule has 0 saturated carbocycles. The van der Waals surface area contributed by atoms with E-state index in [-0.39, 0.29) is 0 Å². The molecule has 9 heteroatoms. The lowest BCUT2D eigenvalue weighted by Gasteiger charge is -2.12. The zero-order valence-corrected chi connectivity index (χ0v) is 20.6. The molecule has 0 bridgehead atoms. The Kier molecular flexibility index (Phi) is 5.77. The van der Waals surface area contributed by atoms with Crippen LogP contribution in [0.1, 0.15) is 0 Å². The highest BCUT2D eigenvalue weighted by atomic mass is 79.9. The average molecular weight is 540 g/mol. The highest BCUT2D eigenvalue weighted by Crippen LogP contribution is 2.34. The second kappa shape index (κ2) is 9.36. The Morgan fingerprint density at radius 3 is 2.71 bits per heavy atom. The van der Waals surface area contributed by atoms with Crippen molar-refractivity contribution in [2.75, 3.05) is 10.6 Å². The molecule has 0 saturated heterocycles. The number of benzene rings is 3. The fourth-order valence-electron chi connectivity index (χ4n) is 3.72. The largest absolute Gasteiger partial charge is 0.339 e. The zero-order chi connectivity index (χ0) is 23.6. The molecule has 3 aromatic carbocycles. The molecule has 3 N–H and O–H groups in total. The number of rotatable bonds is 6. The molecule has 170 valence electrons. The number of hydrogen-bond donors (Lipinski definition) is 3. The SMILES string of the molecule is Brc1cnc(Nc2ccc3[nH]ncc3c2)nc1Nc1cccc(Sc2ccnc3ccccc23)c1. The number of halogens is 1. The van der Waals surface area contributed by atoms with E-state index in [1.165, 1.54) is 0 Å². The van der Waals surface area contributed by atoms with Crippen molar-refractivity contribution in [1.29, 1.82) is 0 Å². The Hall–Kier alpha value is -3.95. The van der Waals surface area contributed by atoms with Crippen molar-refractivity contribution >= 4 is 72.6 Å². The van der Waals surface area contributed by atoms with Crippen LogP contribution in [-0.2, 0) is 0 Å². The summed E-state index contributed by atoms with van der Waals surface area (Å²) in [5.41, 5.74) is 3.78. The van der Waals surface area contributed by atoms with Crippen LogP contribution < -0.4 is 10.6 Å². The maximum Gasteiger partial charge on any atom is 0.229 e. The van der Waals surface area contributed by atoms with E-state index in [1.807, 2.05) is 60.8 Å². The average Bonchev–Trinajstić information content (AvgIpc) is 3.35. The number of anilines is 4. The van der Waals surface area contributed by atoms with Gasteiger partial charge >= 0.3 is 0 Å². The van der Waals surface area contributed by atoms with Gasteiger partial charge in [-0.15, -0.1) is 0 Å². The van der Waals surface area contributed by atoms with E-state index in [9.17, 15) is 0 Å².